The summed E-state index contributed by atoms with van der Waals surface area (Å²) in [7, 11) is 0.698. The Morgan fingerprint density at radius 3 is 2.32 bits per heavy atom. The topological polar surface area (TPSA) is 108 Å². The van der Waals surface area contributed by atoms with Gasteiger partial charge in [-0.05, 0) is 24.1 Å². The Kier molecular flexibility index (Phi) is 9.78. The molecule has 0 aromatic heterocycles. The predicted octanol–water partition coefficient (Wildman–Crippen LogP) is 2.03. The summed E-state index contributed by atoms with van der Waals surface area (Å²) in [6, 6.07) is 4.19. The Labute approximate surface area is 166 Å². The zero-order valence-electron chi connectivity index (χ0n) is 16.8. The van der Waals surface area contributed by atoms with Crippen molar-refractivity contribution >= 4 is 21.7 Å². The van der Waals surface area contributed by atoms with Gasteiger partial charge in [0.05, 0.1) is 39.5 Å². The number of unbranched alkanes of at least 4 members (excludes halogenated alkanes) is 2. The molecule has 0 heterocycles. The first kappa shape index (κ1) is 23.7. The number of nitrogens with one attached hydrogen (secondary N) is 1. The maximum atomic E-state index is 12.3. The van der Waals surface area contributed by atoms with Crippen molar-refractivity contribution in [3.63, 3.8) is 0 Å². The number of rotatable bonds is 12. The van der Waals surface area contributed by atoms with Gasteiger partial charge in [-0.3, -0.25) is 9.59 Å². The maximum absolute atomic E-state index is 12.3. The van der Waals surface area contributed by atoms with E-state index < -0.39 is 33.5 Å². The van der Waals surface area contributed by atoms with Gasteiger partial charge in [-0.25, -0.2) is 8.42 Å². The standard InChI is InChI=1S/C19H29NO7S/c1-5-6-7-10-28(23,24)13-18(21)20-15(12-19(22)27-4)14-8-9-16(25-2)17(11-14)26-3/h8-9,11,15H,5-7,10,12-13H2,1-4H3,(H,20,21). The second kappa shape index (κ2) is 11.5. The third-order valence-electron chi connectivity index (χ3n) is 4.15. The molecule has 0 saturated carbocycles. The first-order valence-corrected chi connectivity index (χ1v) is 10.9. The van der Waals surface area contributed by atoms with Gasteiger partial charge in [-0.2, -0.15) is 0 Å². The van der Waals surface area contributed by atoms with E-state index >= 15 is 0 Å². The highest BCUT2D eigenvalue weighted by atomic mass is 32.2. The lowest BCUT2D eigenvalue weighted by atomic mass is 10.0. The zero-order chi connectivity index (χ0) is 21.2. The Morgan fingerprint density at radius 1 is 1.07 bits per heavy atom. The number of sulfone groups is 1. The van der Waals surface area contributed by atoms with Gasteiger partial charge in [0.1, 0.15) is 5.75 Å². The van der Waals surface area contributed by atoms with Crippen LogP contribution >= 0.6 is 0 Å². The smallest absolute Gasteiger partial charge is 0.307 e. The van der Waals surface area contributed by atoms with Crippen molar-refractivity contribution < 1.29 is 32.2 Å². The molecule has 1 unspecified atom stereocenters. The lowest BCUT2D eigenvalue weighted by Gasteiger charge is -2.20. The fraction of sp³-hybridized carbons (Fsp3) is 0.579. The molecule has 1 N–H and O–H groups in total. The lowest BCUT2D eigenvalue weighted by Crippen LogP contribution is -2.35. The summed E-state index contributed by atoms with van der Waals surface area (Å²) in [6.07, 6.45) is 2.06. The third kappa shape index (κ3) is 7.75. The normalized spacial score (nSPS) is 12.1. The Morgan fingerprint density at radius 2 is 1.75 bits per heavy atom. The van der Waals surface area contributed by atoms with Crippen molar-refractivity contribution in [2.45, 2.75) is 38.6 Å². The number of benzene rings is 1. The van der Waals surface area contributed by atoms with E-state index in [4.69, 9.17) is 9.47 Å². The number of esters is 1. The maximum Gasteiger partial charge on any atom is 0.307 e. The van der Waals surface area contributed by atoms with E-state index in [0.717, 1.165) is 12.8 Å². The van der Waals surface area contributed by atoms with Gasteiger partial charge >= 0.3 is 5.97 Å². The van der Waals surface area contributed by atoms with Crippen molar-refractivity contribution in [2.24, 2.45) is 0 Å². The molecule has 158 valence electrons. The molecule has 1 atom stereocenters. The number of methoxy groups -OCH3 is 3. The molecule has 0 fully saturated rings. The lowest BCUT2D eigenvalue weighted by molar-refractivity contribution is -0.141. The van der Waals surface area contributed by atoms with E-state index in [9.17, 15) is 18.0 Å². The van der Waals surface area contributed by atoms with Crippen LogP contribution in [0.3, 0.4) is 0 Å². The summed E-state index contributed by atoms with van der Waals surface area (Å²) in [4.78, 5) is 24.1. The van der Waals surface area contributed by atoms with Gasteiger partial charge in [0, 0.05) is 0 Å². The minimum absolute atomic E-state index is 0.0354. The van der Waals surface area contributed by atoms with Crippen LogP contribution in [0.1, 0.15) is 44.2 Å². The third-order valence-corrected chi connectivity index (χ3v) is 5.77. The number of carbonyl (C=O) groups excluding carboxylic acids is 2. The van der Waals surface area contributed by atoms with Gasteiger partial charge in [0.25, 0.3) is 0 Å². The highest BCUT2D eigenvalue weighted by Crippen LogP contribution is 2.31. The highest BCUT2D eigenvalue weighted by Gasteiger charge is 2.23. The molecule has 0 radical (unpaired) electrons. The van der Waals surface area contributed by atoms with Crippen LogP contribution < -0.4 is 14.8 Å². The molecule has 1 amide bonds. The van der Waals surface area contributed by atoms with Crippen LogP contribution in [0.5, 0.6) is 11.5 Å². The number of carbonyl (C=O) groups is 2. The number of hydrogen-bond donors (Lipinski definition) is 1. The second-order valence-corrected chi connectivity index (χ2v) is 8.50. The second-order valence-electron chi connectivity index (χ2n) is 6.31. The van der Waals surface area contributed by atoms with Crippen LogP contribution in [0.2, 0.25) is 0 Å². The van der Waals surface area contributed by atoms with E-state index in [-0.39, 0.29) is 12.2 Å². The molecule has 1 rings (SSSR count). The number of ether oxygens (including phenoxy) is 3. The Hall–Kier alpha value is -2.29. The largest absolute Gasteiger partial charge is 0.493 e. The summed E-state index contributed by atoms with van der Waals surface area (Å²) >= 11 is 0. The van der Waals surface area contributed by atoms with E-state index in [1.807, 2.05) is 6.92 Å². The summed E-state index contributed by atoms with van der Waals surface area (Å²) in [5.41, 5.74) is 0.569. The average molecular weight is 416 g/mol. The van der Waals surface area contributed by atoms with Crippen LogP contribution in [0.4, 0.5) is 0 Å². The molecule has 0 aliphatic carbocycles. The van der Waals surface area contributed by atoms with E-state index in [1.54, 1.807) is 18.2 Å². The Balaban J connectivity index is 2.96. The van der Waals surface area contributed by atoms with Crippen LogP contribution in [-0.4, -0.2) is 53.1 Å². The number of amides is 1. The summed E-state index contributed by atoms with van der Waals surface area (Å²) in [5.74, 6) is -0.941. The zero-order valence-corrected chi connectivity index (χ0v) is 17.6. The minimum Gasteiger partial charge on any atom is -0.493 e. The SMILES string of the molecule is CCCCCS(=O)(=O)CC(=O)NC(CC(=O)OC)c1ccc(OC)c(OC)c1. The molecule has 1 aromatic carbocycles. The van der Waals surface area contributed by atoms with Crippen LogP contribution in [0.25, 0.3) is 0 Å². The predicted molar refractivity (Wildman–Crippen MR) is 105 cm³/mol. The molecule has 28 heavy (non-hydrogen) atoms. The molecule has 0 bridgehead atoms. The molecule has 8 nitrogen and oxygen atoms in total. The van der Waals surface area contributed by atoms with E-state index in [1.165, 1.54) is 21.3 Å². The first-order valence-electron chi connectivity index (χ1n) is 9.04. The van der Waals surface area contributed by atoms with Crippen molar-refractivity contribution in [2.75, 3.05) is 32.8 Å². The van der Waals surface area contributed by atoms with Gasteiger partial charge in [0.15, 0.2) is 21.3 Å². The molecule has 0 spiro atoms. The monoisotopic (exact) mass is 415 g/mol. The van der Waals surface area contributed by atoms with Crippen LogP contribution in [0, 0.1) is 0 Å². The quantitative estimate of drug-likeness (QED) is 0.411. The fourth-order valence-corrected chi connectivity index (χ4v) is 3.92. The van der Waals surface area contributed by atoms with Crippen molar-refractivity contribution in [1.29, 1.82) is 0 Å². The van der Waals surface area contributed by atoms with Crippen LogP contribution in [0.15, 0.2) is 18.2 Å². The van der Waals surface area contributed by atoms with Crippen LogP contribution in [-0.2, 0) is 24.2 Å². The first-order chi connectivity index (χ1) is 13.3. The van der Waals surface area contributed by atoms with Gasteiger partial charge in [0.2, 0.25) is 5.91 Å². The van der Waals surface area contributed by atoms with Crippen molar-refractivity contribution in [1.82, 2.24) is 5.32 Å². The van der Waals surface area contributed by atoms with Gasteiger partial charge in [-0.15, -0.1) is 0 Å². The fourth-order valence-electron chi connectivity index (χ4n) is 2.65. The highest BCUT2D eigenvalue weighted by molar-refractivity contribution is 7.92. The summed E-state index contributed by atoms with van der Waals surface area (Å²) < 4.78 is 39.3. The molecule has 0 aliphatic rings. The molecule has 0 saturated heterocycles. The molecular formula is C19H29NO7S. The van der Waals surface area contributed by atoms with Gasteiger partial charge in [-0.1, -0.05) is 25.8 Å². The van der Waals surface area contributed by atoms with E-state index in [2.05, 4.69) is 10.1 Å². The van der Waals surface area contributed by atoms with Crippen molar-refractivity contribution in [3.8, 4) is 11.5 Å². The van der Waals surface area contributed by atoms with Gasteiger partial charge < -0.3 is 19.5 Å². The molecule has 9 heteroatoms. The van der Waals surface area contributed by atoms with E-state index in [0.29, 0.717) is 23.5 Å². The minimum atomic E-state index is -3.51. The average Bonchev–Trinajstić information content (AvgIpc) is 2.66. The summed E-state index contributed by atoms with van der Waals surface area (Å²) in [6.45, 7) is 1.97. The Bertz CT molecular complexity index is 762. The summed E-state index contributed by atoms with van der Waals surface area (Å²) in [5, 5.41) is 2.62. The molecular weight excluding hydrogens is 386 g/mol. The molecule has 1 aromatic rings. The number of hydrogen-bond acceptors (Lipinski definition) is 7. The molecule has 0 aliphatic heterocycles. The van der Waals surface area contributed by atoms with Crippen molar-refractivity contribution in [3.05, 3.63) is 23.8 Å².